The van der Waals surface area contributed by atoms with E-state index in [9.17, 15) is 4.79 Å². The summed E-state index contributed by atoms with van der Waals surface area (Å²) in [5.41, 5.74) is 5.46. The molecule has 0 saturated carbocycles. The van der Waals surface area contributed by atoms with Crippen molar-refractivity contribution in [3.05, 3.63) is 11.6 Å². The Morgan fingerprint density at radius 2 is 2.38 bits per heavy atom. The number of nitrogens with two attached hydrogens (primary N) is 1. The van der Waals surface area contributed by atoms with Crippen LogP contribution < -0.4 is 10.0 Å². The standard InChI is InChI=1S/C7H7N5OS3/c1-4(13)12(6-9-2-3-14-6)16-7-11-10-5(8)15-7/h2-3H,1H3,(H2,8,10). The first-order chi connectivity index (χ1) is 7.66. The molecule has 2 aromatic rings. The molecule has 9 heteroatoms. The highest BCUT2D eigenvalue weighted by atomic mass is 32.2. The SMILES string of the molecule is CC(=O)N(Sc1nnc(N)s1)c1nccs1. The van der Waals surface area contributed by atoms with E-state index in [2.05, 4.69) is 15.2 Å². The predicted molar refractivity (Wildman–Crippen MR) is 65.5 cm³/mol. The van der Waals surface area contributed by atoms with Crippen LogP contribution in [-0.2, 0) is 4.79 Å². The summed E-state index contributed by atoms with van der Waals surface area (Å²) in [5, 5.41) is 10.3. The molecule has 0 aliphatic carbocycles. The molecule has 0 atom stereocenters. The number of anilines is 2. The van der Waals surface area contributed by atoms with Crippen LogP contribution in [0, 0.1) is 0 Å². The third-order valence-electron chi connectivity index (χ3n) is 1.47. The van der Waals surface area contributed by atoms with Gasteiger partial charge < -0.3 is 5.73 Å². The number of carbonyl (C=O) groups is 1. The molecule has 6 nitrogen and oxygen atoms in total. The summed E-state index contributed by atoms with van der Waals surface area (Å²) in [6.07, 6.45) is 1.64. The quantitative estimate of drug-likeness (QED) is 0.856. The van der Waals surface area contributed by atoms with E-state index in [0.717, 1.165) is 0 Å². The number of hydrogen-bond acceptors (Lipinski definition) is 8. The largest absolute Gasteiger partial charge is 0.374 e. The fraction of sp³-hybridized carbons (Fsp3) is 0.143. The average molecular weight is 273 g/mol. The summed E-state index contributed by atoms with van der Waals surface area (Å²) < 4.78 is 2.08. The molecule has 0 aliphatic heterocycles. The van der Waals surface area contributed by atoms with E-state index in [1.165, 1.54) is 45.9 Å². The number of rotatable bonds is 3. The highest BCUT2D eigenvalue weighted by molar-refractivity contribution is 8.03. The molecular weight excluding hydrogens is 266 g/mol. The van der Waals surface area contributed by atoms with Crippen molar-refractivity contribution in [2.75, 3.05) is 10.0 Å². The Kier molecular flexibility index (Phi) is 3.36. The highest BCUT2D eigenvalue weighted by Crippen LogP contribution is 2.32. The van der Waals surface area contributed by atoms with Crippen molar-refractivity contribution in [1.29, 1.82) is 0 Å². The molecule has 0 spiro atoms. The summed E-state index contributed by atoms with van der Waals surface area (Å²) in [7, 11) is 0. The Balaban J connectivity index is 2.19. The van der Waals surface area contributed by atoms with Crippen molar-refractivity contribution in [2.45, 2.75) is 11.3 Å². The lowest BCUT2D eigenvalue weighted by Crippen LogP contribution is -2.19. The maximum Gasteiger partial charge on any atom is 0.236 e. The van der Waals surface area contributed by atoms with Gasteiger partial charge in [0.1, 0.15) is 0 Å². The molecule has 1 amide bonds. The van der Waals surface area contributed by atoms with E-state index in [0.29, 0.717) is 14.6 Å². The molecule has 84 valence electrons. The van der Waals surface area contributed by atoms with Crippen molar-refractivity contribution in [3.8, 4) is 0 Å². The van der Waals surface area contributed by atoms with E-state index in [4.69, 9.17) is 5.73 Å². The van der Waals surface area contributed by atoms with Crippen molar-refractivity contribution in [3.63, 3.8) is 0 Å². The van der Waals surface area contributed by atoms with Gasteiger partial charge in [-0.1, -0.05) is 11.3 Å². The van der Waals surface area contributed by atoms with Crippen molar-refractivity contribution in [1.82, 2.24) is 15.2 Å². The maximum absolute atomic E-state index is 11.5. The van der Waals surface area contributed by atoms with E-state index < -0.39 is 0 Å². The van der Waals surface area contributed by atoms with Gasteiger partial charge in [0, 0.05) is 30.4 Å². The summed E-state index contributed by atoms with van der Waals surface area (Å²) in [6.45, 7) is 1.47. The molecule has 16 heavy (non-hydrogen) atoms. The molecule has 0 aromatic carbocycles. The van der Waals surface area contributed by atoms with Gasteiger partial charge in [-0.2, -0.15) is 0 Å². The zero-order valence-electron chi connectivity index (χ0n) is 8.15. The normalized spacial score (nSPS) is 10.3. The summed E-state index contributed by atoms with van der Waals surface area (Å²) in [4.78, 5) is 15.5. The fourth-order valence-electron chi connectivity index (χ4n) is 0.890. The number of thiazole rings is 1. The number of amides is 1. The number of carbonyl (C=O) groups excluding carboxylic acids is 1. The Hall–Kier alpha value is -1.19. The molecule has 2 aromatic heterocycles. The topological polar surface area (TPSA) is 85.0 Å². The zero-order valence-corrected chi connectivity index (χ0v) is 10.6. The summed E-state index contributed by atoms with van der Waals surface area (Å²) >= 11 is 3.79. The zero-order chi connectivity index (χ0) is 11.5. The predicted octanol–water partition coefficient (Wildman–Crippen LogP) is 1.64. The van der Waals surface area contributed by atoms with Crippen LogP contribution in [0.3, 0.4) is 0 Å². The molecule has 2 heterocycles. The Labute approximate surface area is 104 Å². The van der Waals surface area contributed by atoms with E-state index >= 15 is 0 Å². The van der Waals surface area contributed by atoms with Gasteiger partial charge in [0.15, 0.2) is 4.34 Å². The van der Waals surface area contributed by atoms with Crippen molar-refractivity contribution < 1.29 is 4.79 Å². The van der Waals surface area contributed by atoms with Gasteiger partial charge in [-0.3, -0.25) is 4.79 Å². The van der Waals surface area contributed by atoms with Crippen LogP contribution in [0.15, 0.2) is 15.9 Å². The number of nitrogens with zero attached hydrogens (tertiary/aromatic N) is 4. The molecule has 0 aliphatic rings. The second-order valence-corrected chi connectivity index (χ2v) is 5.70. The van der Waals surface area contributed by atoms with Crippen LogP contribution in [0.4, 0.5) is 10.3 Å². The maximum atomic E-state index is 11.5. The molecule has 0 fully saturated rings. The minimum atomic E-state index is -0.117. The summed E-state index contributed by atoms with van der Waals surface area (Å²) in [6, 6.07) is 0. The van der Waals surface area contributed by atoms with Gasteiger partial charge in [0.25, 0.3) is 0 Å². The second-order valence-electron chi connectivity index (χ2n) is 2.63. The van der Waals surface area contributed by atoms with E-state index in [-0.39, 0.29) is 5.91 Å². The highest BCUT2D eigenvalue weighted by Gasteiger charge is 2.18. The summed E-state index contributed by atoms with van der Waals surface area (Å²) in [5.74, 6) is -0.117. The van der Waals surface area contributed by atoms with Crippen LogP contribution in [0.2, 0.25) is 0 Å². The Bertz CT molecular complexity index is 482. The molecule has 0 saturated heterocycles. The Morgan fingerprint density at radius 3 is 2.88 bits per heavy atom. The van der Waals surface area contributed by atoms with Gasteiger partial charge >= 0.3 is 0 Å². The van der Waals surface area contributed by atoms with Gasteiger partial charge in [0.05, 0.1) is 0 Å². The van der Waals surface area contributed by atoms with Crippen LogP contribution in [0.1, 0.15) is 6.92 Å². The van der Waals surface area contributed by atoms with Crippen LogP contribution in [-0.4, -0.2) is 21.1 Å². The lowest BCUT2D eigenvalue weighted by Gasteiger charge is -2.13. The number of nitrogen functional groups attached to an aromatic ring is 1. The van der Waals surface area contributed by atoms with Crippen LogP contribution in [0.5, 0.6) is 0 Å². The number of aromatic nitrogens is 3. The van der Waals surface area contributed by atoms with Gasteiger partial charge in [-0.15, -0.1) is 21.5 Å². The minimum absolute atomic E-state index is 0.117. The van der Waals surface area contributed by atoms with Gasteiger partial charge in [0.2, 0.25) is 16.2 Å². The monoisotopic (exact) mass is 273 g/mol. The van der Waals surface area contributed by atoms with E-state index in [1.807, 2.05) is 0 Å². The Morgan fingerprint density at radius 1 is 1.56 bits per heavy atom. The number of hydrogen-bond donors (Lipinski definition) is 1. The van der Waals surface area contributed by atoms with Crippen molar-refractivity contribution in [2.24, 2.45) is 0 Å². The fourth-order valence-corrected chi connectivity index (χ4v) is 3.18. The third-order valence-corrected chi connectivity index (χ3v) is 4.21. The van der Waals surface area contributed by atoms with Gasteiger partial charge in [-0.25, -0.2) is 9.29 Å². The first-order valence-electron chi connectivity index (χ1n) is 4.14. The third kappa shape index (κ3) is 2.49. The van der Waals surface area contributed by atoms with Crippen molar-refractivity contribution >= 4 is 50.8 Å². The molecule has 2 N–H and O–H groups in total. The second kappa shape index (κ2) is 4.76. The molecule has 0 radical (unpaired) electrons. The smallest absolute Gasteiger partial charge is 0.236 e. The lowest BCUT2D eigenvalue weighted by molar-refractivity contribution is -0.115. The minimum Gasteiger partial charge on any atom is -0.374 e. The molecule has 0 bridgehead atoms. The molecule has 0 unspecified atom stereocenters. The first kappa shape index (κ1) is 11.3. The molecule has 2 rings (SSSR count). The van der Waals surface area contributed by atoms with Crippen LogP contribution >= 0.6 is 34.6 Å². The van der Waals surface area contributed by atoms with E-state index in [1.54, 1.807) is 11.6 Å². The first-order valence-corrected chi connectivity index (χ1v) is 6.61. The lowest BCUT2D eigenvalue weighted by atomic mass is 10.7. The van der Waals surface area contributed by atoms with Gasteiger partial charge in [-0.05, 0) is 0 Å². The van der Waals surface area contributed by atoms with Crippen LogP contribution in [0.25, 0.3) is 0 Å². The molecular formula is C7H7N5OS3. The average Bonchev–Trinajstić information content (AvgIpc) is 2.84.